The minimum Gasteiger partial charge on any atom is -0.361 e. The molecule has 0 unspecified atom stereocenters. The molecule has 4 aromatic rings. The molecule has 30 heavy (non-hydrogen) atoms. The number of H-pyrrole nitrogens is 1. The van der Waals surface area contributed by atoms with Gasteiger partial charge < -0.3 is 15.6 Å². The van der Waals surface area contributed by atoms with Crippen LogP contribution < -0.4 is 10.6 Å². The van der Waals surface area contributed by atoms with E-state index in [2.05, 4.69) is 30.6 Å². The SMILES string of the molecule is CN=C(NCCc1c[nH]c2cc(F)ccc12)NCc1ccnc(-n2ccnc2)c1.I. The number of aliphatic imine (C=N–C) groups is 1. The van der Waals surface area contributed by atoms with Gasteiger partial charge in [0.2, 0.25) is 0 Å². The molecule has 3 aromatic heterocycles. The van der Waals surface area contributed by atoms with E-state index in [0.29, 0.717) is 13.1 Å². The highest BCUT2D eigenvalue weighted by atomic mass is 127. The summed E-state index contributed by atoms with van der Waals surface area (Å²) in [7, 11) is 1.74. The maximum absolute atomic E-state index is 13.3. The fourth-order valence-corrected chi connectivity index (χ4v) is 3.19. The average molecular weight is 519 g/mol. The molecule has 156 valence electrons. The van der Waals surface area contributed by atoms with E-state index in [-0.39, 0.29) is 29.8 Å². The van der Waals surface area contributed by atoms with Crippen LogP contribution in [-0.4, -0.2) is 39.1 Å². The number of fused-ring (bicyclic) bond motifs is 1. The average Bonchev–Trinajstić information content (AvgIpc) is 3.41. The number of guanidine groups is 1. The number of imidazole rings is 1. The molecule has 0 radical (unpaired) electrons. The molecule has 0 saturated heterocycles. The fourth-order valence-electron chi connectivity index (χ4n) is 3.19. The summed E-state index contributed by atoms with van der Waals surface area (Å²) < 4.78 is 15.2. The van der Waals surface area contributed by atoms with Crippen molar-refractivity contribution in [3.63, 3.8) is 0 Å². The van der Waals surface area contributed by atoms with Gasteiger partial charge in [0.05, 0.1) is 0 Å². The summed E-state index contributed by atoms with van der Waals surface area (Å²) in [6.07, 6.45) is 9.81. The molecule has 0 fully saturated rings. The first-order valence-electron chi connectivity index (χ1n) is 9.36. The Balaban J connectivity index is 0.00000256. The van der Waals surface area contributed by atoms with Crippen LogP contribution in [0.4, 0.5) is 4.39 Å². The zero-order chi connectivity index (χ0) is 20.1. The van der Waals surface area contributed by atoms with E-state index in [1.54, 1.807) is 25.8 Å². The Labute approximate surface area is 190 Å². The van der Waals surface area contributed by atoms with Crippen molar-refractivity contribution in [2.75, 3.05) is 13.6 Å². The predicted molar refractivity (Wildman–Crippen MR) is 127 cm³/mol. The first-order valence-corrected chi connectivity index (χ1v) is 9.36. The number of nitrogens with zero attached hydrogens (tertiary/aromatic N) is 4. The summed E-state index contributed by atoms with van der Waals surface area (Å²) in [5.74, 6) is 1.30. The molecule has 9 heteroatoms. The molecule has 4 rings (SSSR count). The number of benzene rings is 1. The van der Waals surface area contributed by atoms with Gasteiger partial charge in [0, 0.05) is 55.8 Å². The van der Waals surface area contributed by atoms with Gasteiger partial charge in [-0.2, -0.15) is 0 Å². The van der Waals surface area contributed by atoms with Crippen molar-refractivity contribution < 1.29 is 4.39 Å². The summed E-state index contributed by atoms with van der Waals surface area (Å²) in [5.41, 5.74) is 3.04. The first kappa shape index (κ1) is 21.8. The predicted octanol–water partition coefficient (Wildman–Crippen LogP) is 3.41. The van der Waals surface area contributed by atoms with Crippen LogP contribution in [0.3, 0.4) is 0 Å². The number of nitrogens with one attached hydrogen (secondary N) is 3. The highest BCUT2D eigenvalue weighted by Crippen LogP contribution is 2.19. The zero-order valence-corrected chi connectivity index (χ0v) is 18.8. The topological polar surface area (TPSA) is 82.9 Å². The number of aromatic amines is 1. The van der Waals surface area contributed by atoms with Crippen LogP contribution in [0.15, 0.2) is 66.4 Å². The summed E-state index contributed by atoms with van der Waals surface area (Å²) in [6, 6.07) is 8.78. The zero-order valence-electron chi connectivity index (χ0n) is 16.5. The van der Waals surface area contributed by atoms with Crippen molar-refractivity contribution in [1.82, 2.24) is 30.2 Å². The highest BCUT2D eigenvalue weighted by Gasteiger charge is 2.06. The third-order valence-corrected chi connectivity index (χ3v) is 4.68. The maximum Gasteiger partial charge on any atom is 0.191 e. The molecule has 3 N–H and O–H groups in total. The van der Waals surface area contributed by atoms with Crippen LogP contribution in [0.2, 0.25) is 0 Å². The Morgan fingerprint density at radius 3 is 2.90 bits per heavy atom. The smallest absolute Gasteiger partial charge is 0.191 e. The third kappa shape index (κ3) is 5.15. The van der Waals surface area contributed by atoms with Crippen molar-refractivity contribution in [2.24, 2.45) is 4.99 Å². The summed E-state index contributed by atoms with van der Waals surface area (Å²) in [5, 5.41) is 7.67. The quantitative estimate of drug-likeness (QED) is 0.207. The van der Waals surface area contributed by atoms with Crippen LogP contribution >= 0.6 is 24.0 Å². The van der Waals surface area contributed by atoms with Crippen molar-refractivity contribution >= 4 is 40.8 Å². The van der Waals surface area contributed by atoms with Gasteiger partial charge in [0.25, 0.3) is 0 Å². The molecule has 0 aliphatic rings. The molecule has 0 aliphatic carbocycles. The molecule has 7 nitrogen and oxygen atoms in total. The highest BCUT2D eigenvalue weighted by molar-refractivity contribution is 14.0. The maximum atomic E-state index is 13.3. The first-order chi connectivity index (χ1) is 14.2. The second kappa shape index (κ2) is 10.2. The van der Waals surface area contributed by atoms with Crippen LogP contribution in [0.1, 0.15) is 11.1 Å². The van der Waals surface area contributed by atoms with Gasteiger partial charge in [0.15, 0.2) is 5.96 Å². The van der Waals surface area contributed by atoms with Gasteiger partial charge in [-0.1, -0.05) is 0 Å². The normalized spacial score (nSPS) is 11.3. The van der Waals surface area contributed by atoms with Gasteiger partial charge >= 0.3 is 0 Å². The number of pyridine rings is 1. The standard InChI is InChI=1S/C21H22FN7.HI/c1-23-21(26-7-5-16-13-27-19-11-17(22)2-3-18(16)19)28-12-15-4-6-25-20(10-15)29-9-8-24-14-29;/h2-4,6,8-11,13-14,27H,5,7,12H2,1H3,(H2,23,26,28);1H. The minimum atomic E-state index is -0.235. The number of hydrogen-bond acceptors (Lipinski definition) is 3. The molecule has 3 heterocycles. The second-order valence-corrected chi connectivity index (χ2v) is 6.60. The Kier molecular flexibility index (Phi) is 7.39. The van der Waals surface area contributed by atoms with E-state index < -0.39 is 0 Å². The molecular formula is C21H23FIN7. The van der Waals surface area contributed by atoms with E-state index in [0.717, 1.165) is 40.2 Å². The fraction of sp³-hybridized carbons (Fsp3) is 0.190. The largest absolute Gasteiger partial charge is 0.361 e. The second-order valence-electron chi connectivity index (χ2n) is 6.60. The van der Waals surface area contributed by atoms with Crippen LogP contribution in [0.25, 0.3) is 16.7 Å². The molecule has 0 bridgehead atoms. The lowest BCUT2D eigenvalue weighted by molar-refractivity contribution is 0.629. The number of hydrogen-bond donors (Lipinski definition) is 3. The molecule has 0 saturated carbocycles. The molecule has 0 spiro atoms. The van der Waals surface area contributed by atoms with Gasteiger partial charge in [-0.25, -0.2) is 14.4 Å². The summed E-state index contributed by atoms with van der Waals surface area (Å²) >= 11 is 0. The van der Waals surface area contributed by atoms with E-state index in [9.17, 15) is 4.39 Å². The van der Waals surface area contributed by atoms with Crippen LogP contribution in [0.5, 0.6) is 0 Å². The summed E-state index contributed by atoms with van der Waals surface area (Å²) in [6.45, 7) is 1.33. The van der Waals surface area contributed by atoms with Gasteiger partial charge in [0.1, 0.15) is 18.0 Å². The van der Waals surface area contributed by atoms with Crippen molar-refractivity contribution in [1.29, 1.82) is 0 Å². The lowest BCUT2D eigenvalue weighted by Crippen LogP contribution is -2.37. The lowest BCUT2D eigenvalue weighted by Gasteiger charge is -2.12. The monoisotopic (exact) mass is 519 g/mol. The molecule has 1 aromatic carbocycles. The minimum absolute atomic E-state index is 0. The van der Waals surface area contributed by atoms with E-state index in [1.807, 2.05) is 35.2 Å². The third-order valence-electron chi connectivity index (χ3n) is 4.68. The van der Waals surface area contributed by atoms with Crippen LogP contribution in [-0.2, 0) is 13.0 Å². The lowest BCUT2D eigenvalue weighted by atomic mass is 10.1. The van der Waals surface area contributed by atoms with Gasteiger partial charge in [-0.15, -0.1) is 24.0 Å². The molecular weight excluding hydrogens is 496 g/mol. The Morgan fingerprint density at radius 2 is 2.10 bits per heavy atom. The Morgan fingerprint density at radius 1 is 1.20 bits per heavy atom. The van der Waals surface area contributed by atoms with Gasteiger partial charge in [-0.3, -0.25) is 9.56 Å². The van der Waals surface area contributed by atoms with E-state index in [1.165, 1.54) is 12.1 Å². The molecule has 0 aliphatic heterocycles. The number of rotatable bonds is 6. The van der Waals surface area contributed by atoms with Crippen molar-refractivity contribution in [3.8, 4) is 5.82 Å². The van der Waals surface area contributed by atoms with Crippen LogP contribution in [0, 0.1) is 5.82 Å². The van der Waals surface area contributed by atoms with Crippen molar-refractivity contribution in [2.45, 2.75) is 13.0 Å². The summed E-state index contributed by atoms with van der Waals surface area (Å²) in [4.78, 5) is 15.8. The Bertz CT molecular complexity index is 1120. The van der Waals surface area contributed by atoms with Gasteiger partial charge in [-0.05, 0) is 47.9 Å². The van der Waals surface area contributed by atoms with E-state index >= 15 is 0 Å². The van der Waals surface area contributed by atoms with Crippen molar-refractivity contribution in [3.05, 3.63) is 78.4 Å². The molecule has 0 atom stereocenters. The Hall–Kier alpha value is -2.95. The number of aromatic nitrogens is 4. The van der Waals surface area contributed by atoms with E-state index in [4.69, 9.17) is 0 Å². The molecule has 0 amide bonds. The number of halogens is 2.